The van der Waals surface area contributed by atoms with Crippen LogP contribution in [0.3, 0.4) is 0 Å². The summed E-state index contributed by atoms with van der Waals surface area (Å²) in [5.41, 5.74) is 5.28. The SMILES string of the molecule is COc1cccc(F)c1-c1nc(N)ccc1F. The van der Waals surface area contributed by atoms with Crippen molar-refractivity contribution < 1.29 is 13.5 Å². The minimum Gasteiger partial charge on any atom is -0.496 e. The maximum Gasteiger partial charge on any atom is 0.149 e. The van der Waals surface area contributed by atoms with Gasteiger partial charge in [-0.25, -0.2) is 13.8 Å². The zero-order chi connectivity index (χ0) is 12.4. The van der Waals surface area contributed by atoms with Gasteiger partial charge in [-0.05, 0) is 24.3 Å². The zero-order valence-electron chi connectivity index (χ0n) is 9.08. The van der Waals surface area contributed by atoms with E-state index in [1.807, 2.05) is 0 Å². The van der Waals surface area contributed by atoms with E-state index in [0.717, 1.165) is 6.07 Å². The van der Waals surface area contributed by atoms with Crippen molar-refractivity contribution in [3.8, 4) is 17.0 Å². The molecule has 0 atom stereocenters. The number of hydrogen-bond donors (Lipinski definition) is 1. The van der Waals surface area contributed by atoms with Crippen molar-refractivity contribution in [1.82, 2.24) is 4.98 Å². The highest BCUT2D eigenvalue weighted by Gasteiger charge is 2.17. The Morgan fingerprint density at radius 3 is 2.59 bits per heavy atom. The van der Waals surface area contributed by atoms with Crippen LogP contribution in [0.25, 0.3) is 11.3 Å². The van der Waals surface area contributed by atoms with E-state index in [0.29, 0.717) is 0 Å². The van der Waals surface area contributed by atoms with Gasteiger partial charge in [0, 0.05) is 0 Å². The summed E-state index contributed by atoms with van der Waals surface area (Å²) in [5.74, 6) is -0.933. The summed E-state index contributed by atoms with van der Waals surface area (Å²) in [6.07, 6.45) is 0. The van der Waals surface area contributed by atoms with Gasteiger partial charge in [-0.2, -0.15) is 0 Å². The van der Waals surface area contributed by atoms with E-state index in [4.69, 9.17) is 10.5 Å². The van der Waals surface area contributed by atoms with Crippen LogP contribution < -0.4 is 10.5 Å². The fraction of sp³-hybridized carbons (Fsp3) is 0.0833. The number of pyridine rings is 1. The van der Waals surface area contributed by atoms with Gasteiger partial charge in [0.15, 0.2) is 0 Å². The number of hydrogen-bond acceptors (Lipinski definition) is 3. The first-order chi connectivity index (χ1) is 8.13. The molecule has 2 aromatic rings. The van der Waals surface area contributed by atoms with E-state index in [-0.39, 0.29) is 22.8 Å². The summed E-state index contributed by atoms with van der Waals surface area (Å²) in [7, 11) is 1.38. The van der Waals surface area contributed by atoms with Crippen LogP contribution in [0.4, 0.5) is 14.6 Å². The summed E-state index contributed by atoms with van der Waals surface area (Å²) in [6, 6.07) is 6.67. The average molecular weight is 236 g/mol. The van der Waals surface area contributed by atoms with Crippen LogP contribution >= 0.6 is 0 Å². The molecule has 2 rings (SSSR count). The minimum absolute atomic E-state index is 0.0280. The second-order valence-corrected chi connectivity index (χ2v) is 3.38. The lowest BCUT2D eigenvalue weighted by Gasteiger charge is -2.10. The van der Waals surface area contributed by atoms with Gasteiger partial charge in [0.1, 0.15) is 28.9 Å². The topological polar surface area (TPSA) is 48.1 Å². The average Bonchev–Trinajstić information content (AvgIpc) is 2.32. The van der Waals surface area contributed by atoms with Gasteiger partial charge >= 0.3 is 0 Å². The van der Waals surface area contributed by atoms with Crippen LogP contribution in [-0.2, 0) is 0 Å². The lowest BCUT2D eigenvalue weighted by Crippen LogP contribution is -1.99. The summed E-state index contributed by atoms with van der Waals surface area (Å²) >= 11 is 0. The van der Waals surface area contributed by atoms with Gasteiger partial charge in [-0.1, -0.05) is 6.07 Å². The molecule has 0 aliphatic rings. The third kappa shape index (κ3) is 2.04. The molecule has 0 saturated heterocycles. The predicted octanol–water partition coefficient (Wildman–Crippen LogP) is 2.62. The van der Waals surface area contributed by atoms with Crippen molar-refractivity contribution in [3.63, 3.8) is 0 Å². The number of rotatable bonds is 2. The maximum atomic E-state index is 13.7. The molecule has 0 saturated carbocycles. The molecular weight excluding hydrogens is 226 g/mol. The summed E-state index contributed by atoms with van der Waals surface area (Å²) in [6.45, 7) is 0. The number of methoxy groups -OCH3 is 1. The second kappa shape index (κ2) is 4.37. The third-order valence-corrected chi connectivity index (χ3v) is 2.30. The first-order valence-corrected chi connectivity index (χ1v) is 4.88. The quantitative estimate of drug-likeness (QED) is 0.871. The summed E-state index contributed by atoms with van der Waals surface area (Å²) < 4.78 is 32.3. The Bertz CT molecular complexity index is 558. The van der Waals surface area contributed by atoms with Gasteiger partial charge in [0.05, 0.1) is 12.7 Å². The van der Waals surface area contributed by atoms with Crippen molar-refractivity contribution in [2.45, 2.75) is 0 Å². The lowest BCUT2D eigenvalue weighted by atomic mass is 10.1. The second-order valence-electron chi connectivity index (χ2n) is 3.38. The molecule has 17 heavy (non-hydrogen) atoms. The zero-order valence-corrected chi connectivity index (χ0v) is 9.08. The monoisotopic (exact) mass is 236 g/mol. The third-order valence-electron chi connectivity index (χ3n) is 2.30. The summed E-state index contributed by atoms with van der Waals surface area (Å²) in [4.78, 5) is 3.80. The number of nitrogens with two attached hydrogens (primary N) is 1. The Hall–Kier alpha value is -2.17. The van der Waals surface area contributed by atoms with Gasteiger partial charge in [0.25, 0.3) is 0 Å². The van der Waals surface area contributed by atoms with Crippen molar-refractivity contribution in [2.24, 2.45) is 0 Å². The molecule has 0 bridgehead atoms. The predicted molar refractivity (Wildman–Crippen MR) is 60.6 cm³/mol. The molecule has 0 amide bonds. The molecule has 0 unspecified atom stereocenters. The van der Waals surface area contributed by atoms with Crippen LogP contribution in [0.2, 0.25) is 0 Å². The number of aromatic nitrogens is 1. The molecule has 88 valence electrons. The molecule has 5 heteroatoms. The Kier molecular flexibility index (Phi) is 2.91. The van der Waals surface area contributed by atoms with E-state index in [9.17, 15) is 8.78 Å². The number of anilines is 1. The van der Waals surface area contributed by atoms with Gasteiger partial charge < -0.3 is 10.5 Å². The Morgan fingerprint density at radius 1 is 1.12 bits per heavy atom. The van der Waals surface area contributed by atoms with E-state index in [2.05, 4.69) is 4.98 Å². The number of benzene rings is 1. The molecule has 1 aromatic carbocycles. The highest BCUT2D eigenvalue weighted by Crippen LogP contribution is 2.33. The Morgan fingerprint density at radius 2 is 1.88 bits per heavy atom. The van der Waals surface area contributed by atoms with Gasteiger partial charge in [-0.15, -0.1) is 0 Å². The standard InChI is InChI=1S/C12H10F2N2O/c1-17-9-4-2-3-7(13)11(9)12-8(14)5-6-10(15)16-12/h2-6H,1H3,(H2,15,16). The van der Waals surface area contributed by atoms with Crippen molar-refractivity contribution in [1.29, 1.82) is 0 Å². The first kappa shape index (κ1) is 11.3. The normalized spacial score (nSPS) is 10.3. The minimum atomic E-state index is -0.650. The molecule has 1 heterocycles. The molecule has 0 radical (unpaired) electrons. The van der Waals surface area contributed by atoms with Crippen LogP contribution in [-0.4, -0.2) is 12.1 Å². The molecule has 1 aromatic heterocycles. The van der Waals surface area contributed by atoms with E-state index in [1.165, 1.54) is 31.4 Å². The lowest BCUT2D eigenvalue weighted by molar-refractivity contribution is 0.413. The highest BCUT2D eigenvalue weighted by molar-refractivity contribution is 5.69. The number of nitrogens with zero attached hydrogens (tertiary/aromatic N) is 1. The summed E-state index contributed by atoms with van der Waals surface area (Å²) in [5, 5.41) is 0. The molecule has 0 aliphatic carbocycles. The smallest absolute Gasteiger partial charge is 0.149 e. The maximum absolute atomic E-state index is 13.7. The Balaban J connectivity index is 2.71. The van der Waals surface area contributed by atoms with Gasteiger partial charge in [0.2, 0.25) is 0 Å². The van der Waals surface area contributed by atoms with Crippen LogP contribution in [0, 0.1) is 11.6 Å². The largest absolute Gasteiger partial charge is 0.496 e. The molecule has 2 N–H and O–H groups in total. The fourth-order valence-corrected chi connectivity index (χ4v) is 1.54. The van der Waals surface area contributed by atoms with Crippen molar-refractivity contribution >= 4 is 5.82 Å². The number of nitrogen functional groups attached to an aromatic ring is 1. The van der Waals surface area contributed by atoms with Crippen molar-refractivity contribution in [2.75, 3.05) is 12.8 Å². The van der Waals surface area contributed by atoms with Crippen LogP contribution in [0.15, 0.2) is 30.3 Å². The molecular formula is C12H10F2N2O. The van der Waals surface area contributed by atoms with Crippen LogP contribution in [0.1, 0.15) is 0 Å². The molecule has 3 nitrogen and oxygen atoms in total. The highest BCUT2D eigenvalue weighted by atomic mass is 19.1. The molecule has 0 fully saturated rings. The first-order valence-electron chi connectivity index (χ1n) is 4.88. The van der Waals surface area contributed by atoms with E-state index < -0.39 is 11.6 Å². The van der Waals surface area contributed by atoms with E-state index >= 15 is 0 Å². The number of halogens is 2. The molecule has 0 spiro atoms. The fourth-order valence-electron chi connectivity index (χ4n) is 1.54. The van der Waals surface area contributed by atoms with Crippen LogP contribution in [0.5, 0.6) is 5.75 Å². The number of ether oxygens (including phenoxy) is 1. The molecule has 0 aliphatic heterocycles. The van der Waals surface area contributed by atoms with Crippen molar-refractivity contribution in [3.05, 3.63) is 42.0 Å². The Labute approximate surface area is 96.9 Å². The van der Waals surface area contributed by atoms with E-state index in [1.54, 1.807) is 0 Å². The van der Waals surface area contributed by atoms with Gasteiger partial charge in [-0.3, -0.25) is 0 Å².